The number of rotatable bonds is 7. The molecule has 0 amide bonds. The molecule has 0 bridgehead atoms. The van der Waals surface area contributed by atoms with Gasteiger partial charge in [0.15, 0.2) is 10.9 Å². The summed E-state index contributed by atoms with van der Waals surface area (Å²) in [4.78, 5) is 57.0. The van der Waals surface area contributed by atoms with Crippen molar-refractivity contribution in [2.24, 2.45) is 11.8 Å². The zero-order valence-corrected chi connectivity index (χ0v) is 36.1. The number of hydrogen-bond acceptors (Lipinski definition) is 9. The lowest BCUT2D eigenvalue weighted by Gasteiger charge is -2.16. The van der Waals surface area contributed by atoms with E-state index in [2.05, 4.69) is 25.7 Å². The fourth-order valence-corrected chi connectivity index (χ4v) is 6.48. The Morgan fingerprint density at radius 2 is 1.02 bits per heavy atom. The highest BCUT2D eigenvalue weighted by atomic mass is 16.4. The third kappa shape index (κ3) is 11.4. The van der Waals surface area contributed by atoms with Crippen molar-refractivity contribution < 1.29 is 38.5 Å². The molecule has 0 saturated heterocycles. The molecule has 0 fully saturated rings. The first kappa shape index (κ1) is 48.9. The Balaban J connectivity index is 0.000000218. The largest absolute Gasteiger partial charge is 0.508 e. The van der Waals surface area contributed by atoms with E-state index in [4.69, 9.17) is 8.83 Å². The Morgan fingerprint density at radius 3 is 1.41 bits per heavy atom. The highest BCUT2D eigenvalue weighted by molar-refractivity contribution is 6.08. The summed E-state index contributed by atoms with van der Waals surface area (Å²) in [5.41, 5.74) is 6.97. The SMILES string of the molecule is C.C=C(NC)C(C)C.CC(=O)C(C)C.Cc1ccc2c(-c3ccccc3C(=O)O)c3ccc(=O)cc-3oc2c1.O=C(O)c1ccccc1-c1c2ccc(=O)cc-2oc2cc(O)ccc12. The normalized spacial score (nSPS) is 10.5. The number of carbonyl (C=O) groups is 3. The number of aromatic hydroxyl groups is 1. The highest BCUT2D eigenvalue weighted by Gasteiger charge is 2.23. The van der Waals surface area contributed by atoms with Crippen LogP contribution in [0, 0.1) is 18.8 Å². The Bertz CT molecular complexity index is 2840. The van der Waals surface area contributed by atoms with Gasteiger partial charge < -0.3 is 29.5 Å². The van der Waals surface area contributed by atoms with Crippen LogP contribution < -0.4 is 16.2 Å². The number of nitrogens with one attached hydrogen (secondary N) is 1. The predicted molar refractivity (Wildman–Crippen MR) is 255 cm³/mol. The maximum absolute atomic E-state index is 11.8. The summed E-state index contributed by atoms with van der Waals surface area (Å²) in [5.74, 6) is -0.208. The van der Waals surface area contributed by atoms with Gasteiger partial charge in [-0.2, -0.15) is 0 Å². The number of aromatic carboxylic acids is 2. The van der Waals surface area contributed by atoms with Crippen molar-refractivity contribution in [2.75, 3.05) is 7.05 Å². The molecule has 64 heavy (non-hydrogen) atoms. The van der Waals surface area contributed by atoms with Crippen LogP contribution in [0.25, 0.3) is 66.8 Å². The standard InChI is InChI=1S/C21H14O4.C20H12O5.C6H13N.C5H10O.CH4/c1-12-6-8-16-18(10-12)25-19-11-13(22)7-9-17(19)20(16)14-4-2-3-5-15(14)21(23)24;21-11-5-7-15-17(9-11)25-18-10-12(22)6-8-16(18)19(15)13-3-1-2-4-14(13)20(23)24;1-5(2)6(3)7-4;1-4(2)5(3)6;/h2-11H,1H3,(H,23,24);1-10,21H,(H,23,24);5,7H,3H2,1-2,4H3;4H,1-3H3;1H4. The maximum atomic E-state index is 11.8. The number of aryl methyl sites for hydroxylation is 1. The molecule has 4 aliphatic rings. The monoisotopic (exact) mass is 863 g/mol. The van der Waals surface area contributed by atoms with E-state index < -0.39 is 11.9 Å². The lowest BCUT2D eigenvalue weighted by Crippen LogP contribution is -2.09. The molecule has 2 aliphatic carbocycles. The van der Waals surface area contributed by atoms with Crippen LogP contribution in [-0.4, -0.2) is 40.1 Å². The summed E-state index contributed by atoms with van der Waals surface area (Å²) < 4.78 is 11.7. The van der Waals surface area contributed by atoms with Gasteiger partial charge in [-0.05, 0) is 91.1 Å². The molecule has 0 spiro atoms. The van der Waals surface area contributed by atoms with Crippen molar-refractivity contribution in [1.82, 2.24) is 5.32 Å². The van der Waals surface area contributed by atoms with E-state index in [-0.39, 0.29) is 46.9 Å². The van der Waals surface area contributed by atoms with E-state index in [9.17, 15) is 39.3 Å². The molecule has 4 aromatic carbocycles. The number of hydrogen-bond donors (Lipinski definition) is 4. The van der Waals surface area contributed by atoms with Crippen LogP contribution in [0.15, 0.2) is 152 Å². The molecule has 11 nitrogen and oxygen atoms in total. The summed E-state index contributed by atoms with van der Waals surface area (Å²) in [5, 5.41) is 33.3. The second kappa shape index (κ2) is 21.3. The van der Waals surface area contributed by atoms with Crippen LogP contribution in [0.2, 0.25) is 0 Å². The number of carbonyl (C=O) groups excluding carboxylic acids is 1. The summed E-state index contributed by atoms with van der Waals surface area (Å²) in [6.45, 7) is 15.3. The minimum absolute atomic E-state index is 0. The maximum Gasteiger partial charge on any atom is 0.336 e. The summed E-state index contributed by atoms with van der Waals surface area (Å²) in [6.07, 6.45) is 0. The fourth-order valence-electron chi connectivity index (χ4n) is 6.48. The smallest absolute Gasteiger partial charge is 0.336 e. The number of Topliss-reactive ketones (excluding diaryl/α,β-unsaturated/α-hetero) is 1. The van der Waals surface area contributed by atoms with Crippen LogP contribution >= 0.6 is 0 Å². The topological polar surface area (TPSA) is 184 Å². The van der Waals surface area contributed by atoms with Crippen LogP contribution in [0.4, 0.5) is 0 Å². The Kier molecular flexibility index (Phi) is 16.3. The quantitative estimate of drug-likeness (QED) is 0.112. The Hall–Kier alpha value is -7.79. The number of fused-ring (bicyclic) bond motifs is 4. The summed E-state index contributed by atoms with van der Waals surface area (Å²) in [7, 11) is 1.89. The van der Waals surface area contributed by atoms with Gasteiger partial charge in [0.2, 0.25) is 0 Å². The van der Waals surface area contributed by atoms with E-state index in [1.165, 1.54) is 42.5 Å². The lowest BCUT2D eigenvalue weighted by atomic mass is 9.90. The molecule has 0 unspecified atom stereocenters. The van der Waals surface area contributed by atoms with Gasteiger partial charge in [0.1, 0.15) is 34.2 Å². The number of ketones is 1. The van der Waals surface area contributed by atoms with Crippen LogP contribution in [0.5, 0.6) is 5.75 Å². The number of allylic oxidation sites excluding steroid dienone is 1. The van der Waals surface area contributed by atoms with Crippen molar-refractivity contribution in [3.63, 3.8) is 0 Å². The van der Waals surface area contributed by atoms with Crippen molar-refractivity contribution >= 4 is 39.7 Å². The molecular weight excluding hydrogens is 811 g/mol. The van der Waals surface area contributed by atoms with Crippen LogP contribution in [0.3, 0.4) is 0 Å². The fraction of sp³-hybridized carbons (Fsp3) is 0.189. The average molecular weight is 864 g/mol. The average Bonchev–Trinajstić information content (AvgIpc) is 3.24. The first-order chi connectivity index (χ1) is 29.9. The number of benzene rings is 6. The van der Waals surface area contributed by atoms with Crippen LogP contribution in [-0.2, 0) is 4.79 Å². The van der Waals surface area contributed by atoms with Crippen molar-refractivity contribution in [1.29, 1.82) is 0 Å². The number of phenolic OH excluding ortho intramolecular Hbond substituents is 1. The first-order valence-corrected chi connectivity index (χ1v) is 20.1. The van der Waals surface area contributed by atoms with Crippen molar-refractivity contribution in [2.45, 2.75) is 49.0 Å². The third-order valence-corrected chi connectivity index (χ3v) is 10.2. The molecule has 0 radical (unpaired) electrons. The van der Waals surface area contributed by atoms with E-state index in [1.54, 1.807) is 67.6 Å². The van der Waals surface area contributed by atoms with Gasteiger partial charge in [-0.1, -0.05) is 90.2 Å². The van der Waals surface area contributed by atoms with Gasteiger partial charge in [-0.3, -0.25) is 14.4 Å². The van der Waals surface area contributed by atoms with Gasteiger partial charge in [-0.25, -0.2) is 9.59 Å². The number of carboxylic acid groups (broad SMARTS) is 2. The molecule has 11 heteroatoms. The molecule has 2 heterocycles. The molecule has 330 valence electrons. The minimum Gasteiger partial charge on any atom is -0.508 e. The van der Waals surface area contributed by atoms with E-state index >= 15 is 0 Å². The second-order valence-corrected chi connectivity index (χ2v) is 15.3. The third-order valence-electron chi connectivity index (χ3n) is 10.2. The van der Waals surface area contributed by atoms with E-state index in [0.717, 1.165) is 22.2 Å². The zero-order chi connectivity index (χ0) is 46.1. The van der Waals surface area contributed by atoms with Gasteiger partial charge in [0.05, 0.1) is 11.1 Å². The lowest BCUT2D eigenvalue weighted by molar-refractivity contribution is -0.119. The summed E-state index contributed by atoms with van der Waals surface area (Å²) in [6, 6.07) is 32.9. The van der Waals surface area contributed by atoms with Gasteiger partial charge >= 0.3 is 11.9 Å². The highest BCUT2D eigenvalue weighted by Crippen LogP contribution is 2.43. The summed E-state index contributed by atoms with van der Waals surface area (Å²) >= 11 is 0. The minimum atomic E-state index is -1.04. The van der Waals surface area contributed by atoms with Crippen LogP contribution in [0.1, 0.15) is 68.3 Å². The predicted octanol–water partition coefficient (Wildman–Crippen LogP) is 11.8. The molecular formula is C53H53NO10. The molecule has 0 atom stereocenters. The second-order valence-electron chi connectivity index (χ2n) is 15.3. The van der Waals surface area contributed by atoms with E-state index in [0.29, 0.717) is 61.8 Å². The molecule has 4 aromatic rings. The molecule has 2 aliphatic heterocycles. The van der Waals surface area contributed by atoms with Crippen molar-refractivity contribution in [3.05, 3.63) is 171 Å². The number of carboxylic acids is 2. The first-order valence-electron chi connectivity index (χ1n) is 20.1. The molecule has 0 aromatic heterocycles. The van der Waals surface area contributed by atoms with E-state index in [1.807, 2.05) is 46.0 Å². The Labute approximate surface area is 371 Å². The van der Waals surface area contributed by atoms with Gasteiger partial charge in [0, 0.05) is 69.9 Å². The number of phenols is 1. The van der Waals surface area contributed by atoms with Crippen molar-refractivity contribution in [3.8, 4) is 50.7 Å². The zero-order valence-electron chi connectivity index (χ0n) is 36.1. The molecule has 0 saturated carbocycles. The molecule has 8 rings (SSSR count). The van der Waals surface area contributed by atoms with Gasteiger partial charge in [0.25, 0.3) is 0 Å². The Morgan fingerprint density at radius 1 is 0.594 bits per heavy atom. The molecule has 4 N–H and O–H groups in total. The van der Waals surface area contributed by atoms with Gasteiger partial charge in [-0.15, -0.1) is 0 Å².